The van der Waals surface area contributed by atoms with Gasteiger partial charge in [0, 0.05) is 0 Å². The van der Waals surface area contributed by atoms with Crippen LogP contribution in [0.5, 0.6) is 0 Å². The van der Waals surface area contributed by atoms with E-state index in [9.17, 15) is 9.18 Å². The standard InChI is InChI=1S/C12H4BrFN4O2/c13-7-1-2-8(10(11(7)14)12(19)20)18-9(5-17)6(3-15)4-16/h1-2,18H,(H,19,20). The topological polar surface area (TPSA) is 121 Å². The Labute approximate surface area is 121 Å². The van der Waals surface area contributed by atoms with Gasteiger partial charge < -0.3 is 10.4 Å². The zero-order valence-corrected chi connectivity index (χ0v) is 11.2. The van der Waals surface area contributed by atoms with Crippen LogP contribution in [0, 0.1) is 39.8 Å². The Morgan fingerprint density at radius 1 is 1.25 bits per heavy atom. The number of nitriles is 3. The first kappa shape index (κ1) is 15.2. The van der Waals surface area contributed by atoms with Crippen molar-refractivity contribution in [3.8, 4) is 18.2 Å². The van der Waals surface area contributed by atoms with E-state index < -0.39 is 28.6 Å². The molecule has 0 atom stereocenters. The van der Waals surface area contributed by atoms with Gasteiger partial charge in [0.1, 0.15) is 29.5 Å². The summed E-state index contributed by atoms with van der Waals surface area (Å²) in [6, 6.07) is 6.95. The van der Waals surface area contributed by atoms with Crippen molar-refractivity contribution in [2.24, 2.45) is 0 Å². The molecule has 0 aliphatic carbocycles. The summed E-state index contributed by atoms with van der Waals surface area (Å²) in [5.74, 6) is -2.59. The number of carbonyl (C=O) groups is 1. The maximum Gasteiger partial charge on any atom is 0.340 e. The van der Waals surface area contributed by atoms with Gasteiger partial charge in [-0.2, -0.15) is 15.8 Å². The molecule has 0 fully saturated rings. The fourth-order valence-electron chi connectivity index (χ4n) is 1.28. The predicted octanol–water partition coefficient (Wildman–Crippen LogP) is 2.52. The highest BCUT2D eigenvalue weighted by Gasteiger charge is 2.20. The number of nitrogens with zero attached hydrogens (tertiary/aromatic N) is 3. The summed E-state index contributed by atoms with van der Waals surface area (Å²) in [5.41, 5.74) is -1.94. The lowest BCUT2D eigenvalue weighted by Gasteiger charge is -2.10. The zero-order chi connectivity index (χ0) is 15.3. The third kappa shape index (κ3) is 2.92. The van der Waals surface area contributed by atoms with Crippen LogP contribution in [0.1, 0.15) is 10.4 Å². The maximum absolute atomic E-state index is 13.7. The minimum Gasteiger partial charge on any atom is -0.478 e. The van der Waals surface area contributed by atoms with Gasteiger partial charge in [0.25, 0.3) is 0 Å². The summed E-state index contributed by atoms with van der Waals surface area (Å²) in [5, 5.41) is 37.4. The molecule has 0 amide bonds. The van der Waals surface area contributed by atoms with E-state index in [1.165, 1.54) is 24.3 Å². The Kier molecular flexibility index (Phi) is 4.80. The fourth-order valence-corrected chi connectivity index (χ4v) is 1.61. The number of allylic oxidation sites excluding steroid dienone is 2. The van der Waals surface area contributed by atoms with Crippen molar-refractivity contribution in [2.45, 2.75) is 0 Å². The van der Waals surface area contributed by atoms with Crippen molar-refractivity contribution in [3.05, 3.63) is 39.3 Å². The van der Waals surface area contributed by atoms with E-state index in [0.717, 1.165) is 0 Å². The third-order valence-corrected chi connectivity index (χ3v) is 2.77. The lowest BCUT2D eigenvalue weighted by Crippen LogP contribution is -2.09. The molecule has 0 saturated heterocycles. The van der Waals surface area contributed by atoms with Gasteiger partial charge in [0.05, 0.1) is 10.2 Å². The lowest BCUT2D eigenvalue weighted by atomic mass is 10.1. The number of hydrogen-bond acceptors (Lipinski definition) is 5. The number of aromatic carboxylic acids is 1. The quantitative estimate of drug-likeness (QED) is 0.819. The van der Waals surface area contributed by atoms with Crippen LogP contribution in [0.2, 0.25) is 0 Å². The molecule has 8 heteroatoms. The molecule has 0 heterocycles. The van der Waals surface area contributed by atoms with Crippen molar-refractivity contribution in [3.63, 3.8) is 0 Å². The van der Waals surface area contributed by atoms with Crippen molar-refractivity contribution in [2.75, 3.05) is 5.32 Å². The highest BCUT2D eigenvalue weighted by molar-refractivity contribution is 9.10. The van der Waals surface area contributed by atoms with E-state index >= 15 is 0 Å². The Bertz CT molecular complexity index is 722. The molecule has 0 radical (unpaired) electrons. The zero-order valence-electron chi connectivity index (χ0n) is 9.61. The maximum atomic E-state index is 13.7. The van der Waals surface area contributed by atoms with Gasteiger partial charge in [-0.1, -0.05) is 0 Å². The van der Waals surface area contributed by atoms with Gasteiger partial charge in [-0.05, 0) is 28.1 Å². The number of benzene rings is 1. The number of carboxylic acid groups (broad SMARTS) is 1. The molecular weight excluding hydrogens is 331 g/mol. The fraction of sp³-hybridized carbons (Fsp3) is 0. The smallest absolute Gasteiger partial charge is 0.340 e. The molecule has 0 bridgehead atoms. The van der Waals surface area contributed by atoms with Gasteiger partial charge in [0.15, 0.2) is 11.4 Å². The average molecular weight is 335 g/mol. The monoisotopic (exact) mass is 334 g/mol. The summed E-state index contributed by atoms with van der Waals surface area (Å²) < 4.78 is 13.7. The molecule has 6 nitrogen and oxygen atoms in total. The summed E-state index contributed by atoms with van der Waals surface area (Å²) in [6.07, 6.45) is 0. The van der Waals surface area contributed by atoms with E-state index in [4.69, 9.17) is 20.9 Å². The average Bonchev–Trinajstić information content (AvgIpc) is 2.42. The molecular formula is C12H4BrFN4O2. The molecule has 1 aromatic carbocycles. The number of carboxylic acids is 1. The molecule has 98 valence electrons. The van der Waals surface area contributed by atoms with Crippen LogP contribution in [0.25, 0.3) is 0 Å². The molecule has 0 aromatic heterocycles. The molecule has 2 N–H and O–H groups in total. The molecule has 0 spiro atoms. The molecule has 0 aliphatic rings. The SMILES string of the molecule is N#CC(C#N)=C(C#N)Nc1ccc(Br)c(F)c1C(=O)O. The second-order valence-electron chi connectivity index (χ2n) is 3.30. The van der Waals surface area contributed by atoms with Gasteiger partial charge >= 0.3 is 5.97 Å². The van der Waals surface area contributed by atoms with E-state index in [0.29, 0.717) is 0 Å². The van der Waals surface area contributed by atoms with Crippen LogP contribution in [0.4, 0.5) is 10.1 Å². The molecule has 20 heavy (non-hydrogen) atoms. The van der Waals surface area contributed by atoms with Gasteiger partial charge in [0.2, 0.25) is 0 Å². The number of halogens is 2. The number of anilines is 1. The minimum absolute atomic E-state index is 0.0660. The predicted molar refractivity (Wildman–Crippen MR) is 68.5 cm³/mol. The Morgan fingerprint density at radius 2 is 1.85 bits per heavy atom. The molecule has 0 aliphatic heterocycles. The second-order valence-corrected chi connectivity index (χ2v) is 4.15. The summed E-state index contributed by atoms with van der Waals surface area (Å²) in [6.45, 7) is 0. The Morgan fingerprint density at radius 3 is 2.30 bits per heavy atom. The van der Waals surface area contributed by atoms with Gasteiger partial charge in [-0.25, -0.2) is 9.18 Å². The van der Waals surface area contributed by atoms with Crippen LogP contribution >= 0.6 is 15.9 Å². The van der Waals surface area contributed by atoms with E-state index in [-0.39, 0.29) is 10.2 Å². The van der Waals surface area contributed by atoms with Crippen molar-refractivity contribution in [1.29, 1.82) is 15.8 Å². The Hall–Kier alpha value is -2.89. The number of rotatable bonds is 3. The normalized spacial score (nSPS) is 8.75. The highest BCUT2D eigenvalue weighted by atomic mass is 79.9. The first-order valence-electron chi connectivity index (χ1n) is 4.89. The van der Waals surface area contributed by atoms with E-state index in [2.05, 4.69) is 21.2 Å². The summed E-state index contributed by atoms with van der Waals surface area (Å²) >= 11 is 2.84. The Balaban J connectivity index is 3.46. The van der Waals surface area contributed by atoms with E-state index in [1.807, 2.05) is 0 Å². The number of hydrogen-bond donors (Lipinski definition) is 2. The largest absolute Gasteiger partial charge is 0.478 e. The van der Waals surface area contributed by atoms with Gasteiger partial charge in [-0.15, -0.1) is 0 Å². The van der Waals surface area contributed by atoms with Crippen molar-refractivity contribution >= 4 is 27.6 Å². The molecule has 0 unspecified atom stereocenters. The summed E-state index contributed by atoms with van der Waals surface area (Å²) in [7, 11) is 0. The van der Waals surface area contributed by atoms with Crippen LogP contribution < -0.4 is 5.32 Å². The molecule has 1 aromatic rings. The van der Waals surface area contributed by atoms with Crippen molar-refractivity contribution < 1.29 is 14.3 Å². The van der Waals surface area contributed by atoms with Crippen LogP contribution in [-0.4, -0.2) is 11.1 Å². The van der Waals surface area contributed by atoms with Gasteiger partial charge in [-0.3, -0.25) is 0 Å². The summed E-state index contributed by atoms with van der Waals surface area (Å²) in [4.78, 5) is 11.0. The first-order valence-corrected chi connectivity index (χ1v) is 5.68. The minimum atomic E-state index is -1.56. The lowest BCUT2D eigenvalue weighted by molar-refractivity contribution is 0.0693. The van der Waals surface area contributed by atoms with E-state index in [1.54, 1.807) is 6.07 Å². The van der Waals surface area contributed by atoms with Crippen LogP contribution in [0.15, 0.2) is 27.9 Å². The van der Waals surface area contributed by atoms with Crippen LogP contribution in [0.3, 0.4) is 0 Å². The van der Waals surface area contributed by atoms with Crippen LogP contribution in [-0.2, 0) is 0 Å². The highest BCUT2D eigenvalue weighted by Crippen LogP contribution is 2.27. The number of nitrogens with one attached hydrogen (secondary N) is 1. The molecule has 1 rings (SSSR count). The first-order chi connectivity index (χ1) is 9.46. The van der Waals surface area contributed by atoms with Crippen molar-refractivity contribution in [1.82, 2.24) is 0 Å². The third-order valence-electron chi connectivity index (χ3n) is 2.15. The second kappa shape index (κ2) is 6.33. The molecule has 0 saturated carbocycles.